The maximum atomic E-state index is 6.05. The lowest BCUT2D eigenvalue weighted by molar-refractivity contribution is 0.549. The first-order chi connectivity index (χ1) is 8.69. The van der Waals surface area contributed by atoms with Crippen LogP contribution in [0, 0.1) is 0 Å². The Morgan fingerprint density at radius 3 is 2.89 bits per heavy atom. The minimum absolute atomic E-state index is 0.276. The second-order valence-corrected chi connectivity index (χ2v) is 4.83. The third-order valence-corrected chi connectivity index (χ3v) is 3.13. The molecule has 1 atom stereocenters. The molecule has 0 saturated heterocycles. The van der Waals surface area contributed by atoms with E-state index in [-0.39, 0.29) is 6.04 Å². The summed E-state index contributed by atoms with van der Waals surface area (Å²) in [5.41, 5.74) is 2.44. The van der Waals surface area contributed by atoms with Crippen molar-refractivity contribution in [3.05, 3.63) is 52.8 Å². The maximum absolute atomic E-state index is 6.05. The molecule has 1 heterocycles. The quantitative estimate of drug-likeness (QED) is 0.899. The van der Waals surface area contributed by atoms with Crippen molar-refractivity contribution in [3.8, 4) is 0 Å². The molecule has 0 aliphatic heterocycles. The first kappa shape index (κ1) is 13.1. The van der Waals surface area contributed by atoms with Crippen molar-refractivity contribution in [2.24, 2.45) is 7.05 Å². The Labute approximate surface area is 113 Å². The average molecular weight is 264 g/mol. The molecule has 0 aliphatic carbocycles. The van der Waals surface area contributed by atoms with Gasteiger partial charge in [0.05, 0.1) is 6.20 Å². The normalized spacial score (nSPS) is 12.6. The predicted molar refractivity (Wildman–Crippen MR) is 74.8 cm³/mol. The minimum atomic E-state index is 0.276. The lowest BCUT2D eigenvalue weighted by Crippen LogP contribution is -2.22. The van der Waals surface area contributed by atoms with E-state index in [9.17, 15) is 0 Å². The van der Waals surface area contributed by atoms with Crippen molar-refractivity contribution >= 4 is 11.6 Å². The van der Waals surface area contributed by atoms with Gasteiger partial charge in [-0.05, 0) is 36.2 Å². The van der Waals surface area contributed by atoms with Gasteiger partial charge in [-0.25, -0.2) is 0 Å². The van der Waals surface area contributed by atoms with Gasteiger partial charge in [-0.2, -0.15) is 5.10 Å². The number of hydrogen-bond donors (Lipinski definition) is 1. The van der Waals surface area contributed by atoms with Gasteiger partial charge in [0, 0.05) is 24.3 Å². The summed E-state index contributed by atoms with van der Waals surface area (Å²) in [5, 5.41) is 8.47. The highest BCUT2D eigenvalue weighted by Gasteiger charge is 2.12. The van der Waals surface area contributed by atoms with Gasteiger partial charge in [0.25, 0.3) is 0 Å². The van der Waals surface area contributed by atoms with Crippen molar-refractivity contribution < 1.29 is 0 Å². The van der Waals surface area contributed by atoms with E-state index in [1.807, 2.05) is 36.1 Å². The summed E-state index contributed by atoms with van der Waals surface area (Å²) in [6.07, 6.45) is 4.88. The van der Waals surface area contributed by atoms with E-state index in [2.05, 4.69) is 29.6 Å². The zero-order chi connectivity index (χ0) is 13.0. The lowest BCUT2D eigenvalue weighted by Gasteiger charge is -2.17. The molecule has 2 aromatic rings. The summed E-state index contributed by atoms with van der Waals surface area (Å²) in [6.45, 7) is 3.04. The van der Waals surface area contributed by atoms with Crippen LogP contribution in [0.2, 0.25) is 5.02 Å². The Bertz CT molecular complexity index is 507. The fourth-order valence-corrected chi connectivity index (χ4v) is 2.29. The Morgan fingerprint density at radius 2 is 2.28 bits per heavy atom. The summed E-state index contributed by atoms with van der Waals surface area (Å²) in [6, 6.07) is 8.29. The van der Waals surface area contributed by atoms with Gasteiger partial charge in [0.15, 0.2) is 0 Å². The Kier molecular flexibility index (Phi) is 4.39. The maximum Gasteiger partial charge on any atom is 0.0522 e. The van der Waals surface area contributed by atoms with E-state index >= 15 is 0 Å². The molecule has 0 aliphatic rings. The van der Waals surface area contributed by atoms with Crippen molar-refractivity contribution in [1.29, 1.82) is 0 Å². The molecule has 0 bridgehead atoms. The molecule has 3 nitrogen and oxygen atoms in total. The third kappa shape index (κ3) is 3.34. The van der Waals surface area contributed by atoms with Crippen LogP contribution in [0.25, 0.3) is 0 Å². The van der Waals surface area contributed by atoms with Crippen LogP contribution in [0.4, 0.5) is 0 Å². The third-order valence-electron chi connectivity index (χ3n) is 2.90. The summed E-state index contributed by atoms with van der Waals surface area (Å²) < 4.78 is 1.83. The summed E-state index contributed by atoms with van der Waals surface area (Å²) in [5.74, 6) is 0. The molecule has 1 N–H and O–H groups in total. The van der Waals surface area contributed by atoms with Crippen LogP contribution in [0.1, 0.15) is 24.1 Å². The molecule has 0 spiro atoms. The molecule has 0 amide bonds. The number of likely N-dealkylation sites (N-methyl/N-ethyl adjacent to an activating group) is 1. The molecule has 1 aromatic carbocycles. The molecule has 0 saturated carbocycles. The van der Waals surface area contributed by atoms with Gasteiger partial charge in [0.2, 0.25) is 0 Å². The van der Waals surface area contributed by atoms with Crippen molar-refractivity contribution in [1.82, 2.24) is 15.1 Å². The van der Waals surface area contributed by atoms with E-state index in [1.165, 1.54) is 11.1 Å². The highest BCUT2D eigenvalue weighted by Crippen LogP contribution is 2.21. The molecule has 18 heavy (non-hydrogen) atoms. The average Bonchev–Trinajstić information content (AvgIpc) is 2.74. The standard InChI is InChI=1S/C14H18ClN3/c1-3-16-14(7-11-9-17-18(2)10-11)12-5-4-6-13(15)8-12/h4-6,8-10,14,16H,3,7H2,1-2H3. The number of aryl methyl sites for hydroxylation is 1. The SMILES string of the molecule is CCNC(Cc1cnn(C)c1)c1cccc(Cl)c1. The van der Waals surface area contributed by atoms with Gasteiger partial charge >= 0.3 is 0 Å². The Morgan fingerprint density at radius 1 is 1.44 bits per heavy atom. The second kappa shape index (κ2) is 6.03. The van der Waals surface area contributed by atoms with E-state index in [4.69, 9.17) is 11.6 Å². The largest absolute Gasteiger partial charge is 0.310 e. The van der Waals surface area contributed by atoms with E-state index in [0.717, 1.165) is 18.0 Å². The van der Waals surface area contributed by atoms with Gasteiger partial charge in [-0.15, -0.1) is 0 Å². The van der Waals surface area contributed by atoms with E-state index in [0.29, 0.717) is 0 Å². The first-order valence-corrected chi connectivity index (χ1v) is 6.53. The molecule has 96 valence electrons. The van der Waals surface area contributed by atoms with Crippen LogP contribution >= 0.6 is 11.6 Å². The Balaban J connectivity index is 2.17. The summed E-state index contributed by atoms with van der Waals surface area (Å²) >= 11 is 6.05. The fraction of sp³-hybridized carbons (Fsp3) is 0.357. The second-order valence-electron chi connectivity index (χ2n) is 4.39. The summed E-state index contributed by atoms with van der Waals surface area (Å²) in [7, 11) is 1.94. The number of hydrogen-bond acceptors (Lipinski definition) is 2. The minimum Gasteiger partial charge on any atom is -0.310 e. The molecule has 0 fully saturated rings. The van der Waals surface area contributed by atoms with Crippen LogP contribution in [0.3, 0.4) is 0 Å². The predicted octanol–water partition coefficient (Wildman–Crippen LogP) is 2.97. The Hall–Kier alpha value is -1.32. The first-order valence-electron chi connectivity index (χ1n) is 6.15. The highest BCUT2D eigenvalue weighted by molar-refractivity contribution is 6.30. The number of halogens is 1. The zero-order valence-corrected chi connectivity index (χ0v) is 11.5. The summed E-state index contributed by atoms with van der Waals surface area (Å²) in [4.78, 5) is 0. The van der Waals surface area contributed by atoms with Gasteiger partial charge in [-0.3, -0.25) is 4.68 Å². The van der Waals surface area contributed by atoms with Gasteiger partial charge in [-0.1, -0.05) is 30.7 Å². The molecular weight excluding hydrogens is 246 g/mol. The van der Waals surface area contributed by atoms with Gasteiger partial charge in [0.1, 0.15) is 0 Å². The van der Waals surface area contributed by atoms with Crippen LogP contribution in [-0.2, 0) is 13.5 Å². The van der Waals surface area contributed by atoms with Crippen LogP contribution in [0.5, 0.6) is 0 Å². The number of nitrogens with one attached hydrogen (secondary N) is 1. The molecule has 1 aromatic heterocycles. The topological polar surface area (TPSA) is 29.9 Å². The fourth-order valence-electron chi connectivity index (χ4n) is 2.09. The molecule has 0 radical (unpaired) electrons. The molecule has 2 rings (SSSR count). The van der Waals surface area contributed by atoms with Crippen LogP contribution < -0.4 is 5.32 Å². The van der Waals surface area contributed by atoms with Crippen molar-refractivity contribution in [2.75, 3.05) is 6.54 Å². The lowest BCUT2D eigenvalue weighted by atomic mass is 10.0. The zero-order valence-electron chi connectivity index (χ0n) is 10.7. The van der Waals surface area contributed by atoms with Crippen molar-refractivity contribution in [2.45, 2.75) is 19.4 Å². The highest BCUT2D eigenvalue weighted by atomic mass is 35.5. The number of benzene rings is 1. The number of aromatic nitrogens is 2. The molecular formula is C14H18ClN3. The van der Waals surface area contributed by atoms with Crippen molar-refractivity contribution in [3.63, 3.8) is 0 Å². The molecule has 4 heteroatoms. The number of rotatable bonds is 5. The van der Waals surface area contributed by atoms with E-state index in [1.54, 1.807) is 0 Å². The molecule has 1 unspecified atom stereocenters. The monoisotopic (exact) mass is 263 g/mol. The van der Waals surface area contributed by atoms with Crippen LogP contribution in [0.15, 0.2) is 36.7 Å². The number of nitrogens with zero attached hydrogens (tertiary/aromatic N) is 2. The van der Waals surface area contributed by atoms with Crippen LogP contribution in [-0.4, -0.2) is 16.3 Å². The smallest absolute Gasteiger partial charge is 0.0522 e. The van der Waals surface area contributed by atoms with Gasteiger partial charge < -0.3 is 5.32 Å². The van der Waals surface area contributed by atoms with E-state index < -0.39 is 0 Å².